The summed E-state index contributed by atoms with van der Waals surface area (Å²) in [5.41, 5.74) is 2.80. The van der Waals surface area contributed by atoms with Crippen LogP contribution in [0.15, 0.2) is 65.6 Å². The van der Waals surface area contributed by atoms with Crippen molar-refractivity contribution in [2.24, 2.45) is 0 Å². The average Bonchev–Trinajstić information content (AvgIpc) is 3.26. The van der Waals surface area contributed by atoms with Crippen LogP contribution in [-0.2, 0) is 16.1 Å². The van der Waals surface area contributed by atoms with Gasteiger partial charge in [-0.05, 0) is 47.4 Å². The lowest BCUT2D eigenvalue weighted by Gasteiger charge is -2.40. The van der Waals surface area contributed by atoms with E-state index in [0.29, 0.717) is 30.4 Å². The highest BCUT2D eigenvalue weighted by Crippen LogP contribution is 2.24. The van der Waals surface area contributed by atoms with Gasteiger partial charge in [0.2, 0.25) is 17.4 Å². The van der Waals surface area contributed by atoms with Gasteiger partial charge in [-0.2, -0.15) is 0 Å². The molecular weight excluding hydrogens is 470 g/mol. The van der Waals surface area contributed by atoms with Gasteiger partial charge in [-0.1, -0.05) is 49.2 Å². The summed E-state index contributed by atoms with van der Waals surface area (Å²) in [6.45, 7) is 3.51. The summed E-state index contributed by atoms with van der Waals surface area (Å²) in [7, 11) is 0. The first-order chi connectivity index (χ1) is 16.4. The van der Waals surface area contributed by atoms with E-state index in [-0.39, 0.29) is 17.4 Å². The van der Waals surface area contributed by atoms with E-state index in [1.165, 1.54) is 23.5 Å². The summed E-state index contributed by atoms with van der Waals surface area (Å²) in [6.07, 6.45) is 6.41. The lowest BCUT2D eigenvalue weighted by molar-refractivity contribution is -0.150. The van der Waals surface area contributed by atoms with Gasteiger partial charge >= 0.3 is 0 Å². The Kier molecular flexibility index (Phi) is 7.65. The Balaban J connectivity index is 1.43. The molecule has 2 amide bonds. The monoisotopic (exact) mass is 495 g/mol. The summed E-state index contributed by atoms with van der Waals surface area (Å²) in [6, 6.07) is 14.5. The summed E-state index contributed by atoms with van der Waals surface area (Å²) in [5, 5.41) is 0. The van der Waals surface area contributed by atoms with E-state index in [9.17, 15) is 14.4 Å². The van der Waals surface area contributed by atoms with E-state index >= 15 is 0 Å². The molecule has 0 saturated carbocycles. The van der Waals surface area contributed by atoms with E-state index in [1.807, 2.05) is 42.2 Å². The number of rotatable bonds is 7. The first-order valence-corrected chi connectivity index (χ1v) is 12.4. The largest absolute Gasteiger partial charge is 0.335 e. The molecule has 0 unspecified atom stereocenters. The van der Waals surface area contributed by atoms with Gasteiger partial charge in [-0.15, -0.1) is 11.3 Å². The van der Waals surface area contributed by atoms with Crippen LogP contribution in [0.5, 0.6) is 0 Å². The second-order valence-corrected chi connectivity index (χ2v) is 9.96. The van der Waals surface area contributed by atoms with Crippen molar-refractivity contribution in [3.8, 4) is 11.1 Å². The summed E-state index contributed by atoms with van der Waals surface area (Å²) >= 11 is 7.37. The molecule has 176 valence electrons. The molecule has 0 radical (unpaired) electrons. The molecule has 8 heteroatoms. The predicted molar refractivity (Wildman–Crippen MR) is 137 cm³/mol. The smallest absolute Gasteiger partial charge is 0.247 e. The van der Waals surface area contributed by atoms with Gasteiger partial charge in [0.05, 0.1) is 4.34 Å². The topological polar surface area (TPSA) is 73.5 Å². The van der Waals surface area contributed by atoms with Crippen LogP contribution in [0.3, 0.4) is 0 Å². The van der Waals surface area contributed by atoms with E-state index in [2.05, 4.69) is 4.98 Å². The summed E-state index contributed by atoms with van der Waals surface area (Å²) in [4.78, 5) is 44.6. The molecule has 34 heavy (non-hydrogen) atoms. The molecule has 1 aromatic carbocycles. The Morgan fingerprint density at radius 3 is 2.50 bits per heavy atom. The molecule has 1 aliphatic rings. The second-order valence-electron chi connectivity index (χ2n) is 8.21. The third kappa shape index (κ3) is 5.66. The van der Waals surface area contributed by atoms with Gasteiger partial charge in [0.1, 0.15) is 6.04 Å². The number of hydrogen-bond acceptors (Lipinski definition) is 4. The number of carbonyl (C=O) groups excluding carboxylic acids is 2. The highest BCUT2D eigenvalue weighted by atomic mass is 35.5. The quantitative estimate of drug-likeness (QED) is 0.478. The predicted octanol–water partition coefficient (Wildman–Crippen LogP) is 4.81. The normalized spacial score (nSPS) is 16.4. The zero-order valence-corrected chi connectivity index (χ0v) is 20.4. The van der Waals surface area contributed by atoms with Crippen LogP contribution in [0.1, 0.15) is 30.2 Å². The van der Waals surface area contributed by atoms with E-state index in [4.69, 9.17) is 11.6 Å². The molecule has 3 heterocycles. The van der Waals surface area contributed by atoms with Crippen molar-refractivity contribution in [1.82, 2.24) is 14.8 Å². The van der Waals surface area contributed by atoms with E-state index < -0.39 is 6.04 Å². The van der Waals surface area contributed by atoms with Crippen molar-refractivity contribution < 1.29 is 9.59 Å². The molecule has 0 spiro atoms. The maximum absolute atomic E-state index is 13.3. The fraction of sp³-hybridized carbons (Fsp3) is 0.269. The van der Waals surface area contributed by atoms with Gasteiger partial charge in [-0.25, -0.2) is 0 Å². The Hall–Kier alpha value is -3.16. The van der Waals surface area contributed by atoms with Gasteiger partial charge in [-0.3, -0.25) is 14.4 Å². The Bertz CT molecular complexity index is 1230. The number of aromatic amines is 1. The number of carbonyl (C=O) groups is 2. The van der Waals surface area contributed by atoms with Crippen molar-refractivity contribution in [1.29, 1.82) is 0 Å². The highest BCUT2D eigenvalue weighted by Gasteiger charge is 2.35. The molecule has 6 nitrogen and oxygen atoms in total. The van der Waals surface area contributed by atoms with E-state index in [1.54, 1.807) is 29.3 Å². The number of hydrogen-bond donors (Lipinski definition) is 1. The number of aromatic nitrogens is 1. The lowest BCUT2D eigenvalue weighted by Crippen LogP contribution is -2.58. The molecule has 4 rings (SSSR count). The average molecular weight is 496 g/mol. The lowest BCUT2D eigenvalue weighted by atomic mass is 10.0. The number of nitrogens with one attached hydrogen (secondary N) is 1. The number of thiophene rings is 1. The minimum atomic E-state index is -0.455. The zero-order chi connectivity index (χ0) is 24.1. The number of amides is 2. The molecule has 0 aliphatic carbocycles. The Morgan fingerprint density at radius 1 is 1.09 bits per heavy atom. The summed E-state index contributed by atoms with van der Waals surface area (Å²) < 4.78 is 0.673. The molecular formula is C26H26ClN3O3S. The first kappa shape index (κ1) is 24.0. The van der Waals surface area contributed by atoms with Gasteiger partial charge < -0.3 is 14.8 Å². The minimum absolute atomic E-state index is 0.0151. The van der Waals surface area contributed by atoms with Crippen molar-refractivity contribution in [2.45, 2.75) is 32.4 Å². The maximum Gasteiger partial charge on any atom is 0.247 e. The number of H-pyrrole nitrogens is 1. The fourth-order valence-corrected chi connectivity index (χ4v) is 5.06. The maximum atomic E-state index is 13.3. The van der Waals surface area contributed by atoms with Crippen LogP contribution in [0.4, 0.5) is 0 Å². The van der Waals surface area contributed by atoms with Crippen LogP contribution < -0.4 is 5.56 Å². The number of benzene rings is 1. The Morgan fingerprint density at radius 2 is 1.85 bits per heavy atom. The van der Waals surface area contributed by atoms with Gasteiger partial charge in [0, 0.05) is 42.9 Å². The van der Waals surface area contributed by atoms with Gasteiger partial charge in [0.25, 0.3) is 0 Å². The number of piperazine rings is 1. The SMILES string of the molecule is CCC[C@H]1C(=O)N(Cc2ccc(-c3ccc(=O)[nH]c3)cc2)CCN1C(=O)C=Cc1ccc(Cl)s1. The molecule has 0 bridgehead atoms. The molecule has 1 aliphatic heterocycles. The van der Waals surface area contributed by atoms with Crippen LogP contribution in [0.25, 0.3) is 17.2 Å². The molecule has 3 aromatic rings. The third-order valence-electron chi connectivity index (χ3n) is 5.86. The standard InChI is InChI=1S/C26H26ClN3O3S/c1-2-3-22-26(33)29(14-15-30(22)25(32)13-10-21-9-11-23(27)34-21)17-18-4-6-19(7-5-18)20-8-12-24(31)28-16-20/h4-13,16,22H,2-3,14-15,17H2,1H3,(H,28,31)/t22-/m0/s1. The van der Waals surface area contributed by atoms with Crippen LogP contribution in [0.2, 0.25) is 4.34 Å². The van der Waals surface area contributed by atoms with Crippen molar-refractivity contribution in [3.63, 3.8) is 0 Å². The fourth-order valence-electron chi connectivity index (χ4n) is 4.09. The highest BCUT2D eigenvalue weighted by molar-refractivity contribution is 7.17. The molecule has 2 aromatic heterocycles. The van der Waals surface area contributed by atoms with Crippen molar-refractivity contribution >= 4 is 40.8 Å². The minimum Gasteiger partial charge on any atom is -0.335 e. The summed E-state index contributed by atoms with van der Waals surface area (Å²) in [5.74, 6) is -0.167. The van der Waals surface area contributed by atoms with E-state index in [0.717, 1.165) is 28.0 Å². The number of pyridine rings is 1. The third-order valence-corrected chi connectivity index (χ3v) is 7.05. The number of nitrogens with zero attached hydrogens (tertiary/aromatic N) is 2. The van der Waals surface area contributed by atoms with Crippen molar-refractivity contribution in [3.05, 3.63) is 85.9 Å². The molecule has 1 N–H and O–H groups in total. The van der Waals surface area contributed by atoms with Crippen molar-refractivity contribution in [2.75, 3.05) is 13.1 Å². The van der Waals surface area contributed by atoms with Crippen LogP contribution >= 0.6 is 22.9 Å². The molecule has 1 fully saturated rings. The Labute approximate surface area is 207 Å². The molecule has 1 atom stereocenters. The zero-order valence-electron chi connectivity index (χ0n) is 18.9. The van der Waals surface area contributed by atoms with Gasteiger partial charge in [0.15, 0.2) is 0 Å². The number of halogens is 1. The second kappa shape index (κ2) is 10.8. The van der Waals surface area contributed by atoms with Crippen LogP contribution in [-0.4, -0.2) is 45.7 Å². The first-order valence-electron chi connectivity index (χ1n) is 11.3. The van der Waals surface area contributed by atoms with Crippen LogP contribution in [0, 0.1) is 0 Å². The molecule has 1 saturated heterocycles.